The second-order valence-electron chi connectivity index (χ2n) is 7.22. The lowest BCUT2D eigenvalue weighted by Crippen LogP contribution is -2.31. The minimum absolute atomic E-state index is 0.167. The molecule has 1 N–H and O–H groups in total. The first-order chi connectivity index (χ1) is 13.7. The van der Waals surface area contributed by atoms with Crippen molar-refractivity contribution in [2.45, 2.75) is 36.6 Å². The number of amides is 1. The summed E-state index contributed by atoms with van der Waals surface area (Å²) in [6.07, 6.45) is 3.62. The van der Waals surface area contributed by atoms with Gasteiger partial charge < -0.3 is 5.32 Å². The van der Waals surface area contributed by atoms with Crippen molar-refractivity contribution in [3.05, 3.63) is 76.9 Å². The second-order valence-corrected chi connectivity index (χ2v) is 8.36. The van der Waals surface area contributed by atoms with E-state index in [1.807, 2.05) is 35.0 Å². The van der Waals surface area contributed by atoms with Gasteiger partial charge in [-0.2, -0.15) is 5.10 Å². The zero-order valence-corrected chi connectivity index (χ0v) is 16.1. The summed E-state index contributed by atoms with van der Waals surface area (Å²) in [5.74, 6) is 0.467. The zero-order chi connectivity index (χ0) is 19.1. The van der Waals surface area contributed by atoms with E-state index in [0.29, 0.717) is 5.69 Å². The smallest absolute Gasteiger partial charge is 0.272 e. The molecule has 3 aromatic rings. The average Bonchev–Trinajstić information content (AvgIpc) is 3.32. The van der Waals surface area contributed by atoms with E-state index in [1.54, 1.807) is 23.9 Å². The predicted molar refractivity (Wildman–Crippen MR) is 108 cm³/mol. The van der Waals surface area contributed by atoms with Crippen LogP contribution in [-0.4, -0.2) is 21.4 Å². The SMILES string of the molecule is O=C(NC1CCSc2ccc(F)cc21)c1nn(-c2ccccc2)c2c1CCC2. The molecule has 0 saturated heterocycles. The molecule has 0 saturated carbocycles. The molecule has 1 amide bonds. The fourth-order valence-electron chi connectivity index (χ4n) is 4.14. The minimum atomic E-state index is -0.269. The van der Waals surface area contributed by atoms with E-state index >= 15 is 0 Å². The molecule has 28 heavy (non-hydrogen) atoms. The molecule has 0 bridgehead atoms. The van der Waals surface area contributed by atoms with Gasteiger partial charge in [0.25, 0.3) is 5.91 Å². The van der Waals surface area contributed by atoms with Gasteiger partial charge in [0.1, 0.15) is 5.82 Å². The molecule has 1 atom stereocenters. The number of carbonyl (C=O) groups is 1. The molecule has 142 valence electrons. The summed E-state index contributed by atoms with van der Waals surface area (Å²) in [5.41, 5.74) is 4.52. The number of rotatable bonds is 3. The summed E-state index contributed by atoms with van der Waals surface area (Å²) in [6, 6.07) is 14.6. The largest absolute Gasteiger partial charge is 0.344 e. The van der Waals surface area contributed by atoms with Gasteiger partial charge in [-0.3, -0.25) is 4.79 Å². The van der Waals surface area contributed by atoms with E-state index in [1.165, 1.54) is 6.07 Å². The Morgan fingerprint density at radius 1 is 1.18 bits per heavy atom. The summed E-state index contributed by atoms with van der Waals surface area (Å²) in [4.78, 5) is 14.2. The summed E-state index contributed by atoms with van der Waals surface area (Å²) in [6.45, 7) is 0. The van der Waals surface area contributed by atoms with Gasteiger partial charge in [0.2, 0.25) is 0 Å². The molecular formula is C22H20FN3OS. The number of nitrogens with one attached hydrogen (secondary N) is 1. The normalized spacial score (nSPS) is 17.8. The second kappa shape index (κ2) is 7.09. The van der Waals surface area contributed by atoms with Gasteiger partial charge in [0, 0.05) is 21.9 Å². The van der Waals surface area contributed by atoms with Crippen LogP contribution in [0.3, 0.4) is 0 Å². The highest BCUT2D eigenvalue weighted by molar-refractivity contribution is 7.99. The third-order valence-electron chi connectivity index (χ3n) is 5.46. The Bertz CT molecular complexity index is 1050. The minimum Gasteiger partial charge on any atom is -0.344 e. The molecule has 2 aromatic carbocycles. The Balaban J connectivity index is 1.47. The van der Waals surface area contributed by atoms with Gasteiger partial charge in [-0.1, -0.05) is 18.2 Å². The third kappa shape index (κ3) is 3.02. The first-order valence-electron chi connectivity index (χ1n) is 9.60. The number of aromatic nitrogens is 2. The molecule has 2 heterocycles. The van der Waals surface area contributed by atoms with Gasteiger partial charge in [-0.15, -0.1) is 11.8 Å². The van der Waals surface area contributed by atoms with Crippen molar-refractivity contribution in [1.82, 2.24) is 15.1 Å². The number of para-hydroxylation sites is 1. The summed E-state index contributed by atoms with van der Waals surface area (Å²) in [5, 5.41) is 7.78. The molecule has 6 heteroatoms. The molecule has 1 unspecified atom stereocenters. The van der Waals surface area contributed by atoms with Crippen LogP contribution in [-0.2, 0) is 12.8 Å². The molecule has 0 radical (unpaired) electrons. The number of nitrogens with zero attached hydrogens (tertiary/aromatic N) is 2. The maximum absolute atomic E-state index is 13.8. The topological polar surface area (TPSA) is 46.9 Å². The molecule has 4 nitrogen and oxygen atoms in total. The molecule has 1 aliphatic heterocycles. The maximum atomic E-state index is 13.8. The molecule has 1 aromatic heterocycles. The molecule has 5 rings (SSSR count). The number of hydrogen-bond donors (Lipinski definition) is 1. The number of halogens is 1. The van der Waals surface area contributed by atoms with Crippen LogP contribution in [0.4, 0.5) is 4.39 Å². The van der Waals surface area contributed by atoms with Crippen LogP contribution in [0.25, 0.3) is 5.69 Å². The molecule has 0 spiro atoms. The van der Waals surface area contributed by atoms with E-state index in [9.17, 15) is 9.18 Å². The molecule has 2 aliphatic rings. The fraction of sp³-hybridized carbons (Fsp3) is 0.273. The van der Waals surface area contributed by atoms with E-state index in [-0.39, 0.29) is 17.8 Å². The summed E-state index contributed by atoms with van der Waals surface area (Å²) >= 11 is 1.71. The van der Waals surface area contributed by atoms with Gasteiger partial charge in [0.05, 0.1) is 11.7 Å². The van der Waals surface area contributed by atoms with E-state index in [2.05, 4.69) is 10.4 Å². The Morgan fingerprint density at radius 3 is 2.89 bits per heavy atom. The van der Waals surface area contributed by atoms with Gasteiger partial charge >= 0.3 is 0 Å². The van der Waals surface area contributed by atoms with E-state index in [4.69, 9.17) is 0 Å². The Labute approximate surface area is 167 Å². The number of hydrogen-bond acceptors (Lipinski definition) is 3. The van der Waals surface area contributed by atoms with Crippen molar-refractivity contribution in [3.63, 3.8) is 0 Å². The van der Waals surface area contributed by atoms with Gasteiger partial charge in [0.15, 0.2) is 5.69 Å². The summed E-state index contributed by atoms with van der Waals surface area (Å²) < 4.78 is 15.7. The van der Waals surface area contributed by atoms with Crippen molar-refractivity contribution in [3.8, 4) is 5.69 Å². The zero-order valence-electron chi connectivity index (χ0n) is 15.3. The number of fused-ring (bicyclic) bond motifs is 2. The lowest BCUT2D eigenvalue weighted by molar-refractivity contribution is 0.0928. The quantitative estimate of drug-likeness (QED) is 0.714. The number of carbonyl (C=O) groups excluding carboxylic acids is 1. The summed E-state index contributed by atoms with van der Waals surface area (Å²) in [7, 11) is 0. The first-order valence-corrected chi connectivity index (χ1v) is 10.6. The average molecular weight is 393 g/mol. The monoisotopic (exact) mass is 393 g/mol. The number of thioether (sulfide) groups is 1. The van der Waals surface area contributed by atoms with E-state index < -0.39 is 0 Å². The molecule has 0 fully saturated rings. The van der Waals surface area contributed by atoms with Gasteiger partial charge in [-0.25, -0.2) is 9.07 Å². The van der Waals surface area contributed by atoms with Crippen LogP contribution < -0.4 is 5.32 Å². The lowest BCUT2D eigenvalue weighted by atomic mass is 10.0. The van der Waals surface area contributed by atoms with Crippen LogP contribution in [0.1, 0.15) is 46.2 Å². The maximum Gasteiger partial charge on any atom is 0.272 e. The highest BCUT2D eigenvalue weighted by Crippen LogP contribution is 2.37. The van der Waals surface area contributed by atoms with Crippen molar-refractivity contribution >= 4 is 17.7 Å². The van der Waals surface area contributed by atoms with Gasteiger partial charge in [-0.05, 0) is 61.6 Å². The van der Waals surface area contributed by atoms with E-state index in [0.717, 1.165) is 58.8 Å². The van der Waals surface area contributed by atoms with Crippen molar-refractivity contribution in [1.29, 1.82) is 0 Å². The third-order valence-corrected chi connectivity index (χ3v) is 6.59. The highest BCUT2D eigenvalue weighted by Gasteiger charge is 2.29. The fourth-order valence-corrected chi connectivity index (χ4v) is 5.25. The lowest BCUT2D eigenvalue weighted by Gasteiger charge is -2.25. The van der Waals surface area contributed by atoms with Crippen LogP contribution in [0.5, 0.6) is 0 Å². The Morgan fingerprint density at radius 2 is 2.04 bits per heavy atom. The standard InChI is InChI=1S/C22H20FN3OS/c23-14-9-10-20-17(13-14)18(11-12-28-20)24-22(27)21-16-7-4-8-19(16)26(25-21)15-5-2-1-3-6-15/h1-3,5-6,9-10,13,18H,4,7-8,11-12H2,(H,24,27). The predicted octanol–water partition coefficient (Wildman–Crippen LogP) is 4.47. The van der Waals surface area contributed by atoms with Crippen molar-refractivity contribution in [2.24, 2.45) is 0 Å². The molecule has 1 aliphatic carbocycles. The number of benzene rings is 2. The van der Waals surface area contributed by atoms with Crippen LogP contribution in [0, 0.1) is 5.82 Å². The Kier molecular flexibility index (Phi) is 4.43. The van der Waals surface area contributed by atoms with Crippen LogP contribution >= 0.6 is 11.8 Å². The highest BCUT2D eigenvalue weighted by atomic mass is 32.2. The van der Waals surface area contributed by atoms with Crippen LogP contribution in [0.15, 0.2) is 53.4 Å². The first kappa shape index (κ1) is 17.5. The van der Waals surface area contributed by atoms with Crippen molar-refractivity contribution in [2.75, 3.05) is 5.75 Å². The van der Waals surface area contributed by atoms with Crippen LogP contribution in [0.2, 0.25) is 0 Å². The Hall–Kier alpha value is -2.60. The van der Waals surface area contributed by atoms with Crippen molar-refractivity contribution < 1.29 is 9.18 Å². The molecular weight excluding hydrogens is 373 g/mol.